The lowest BCUT2D eigenvalue weighted by molar-refractivity contribution is -0.142. The zero-order valence-corrected chi connectivity index (χ0v) is 19.7. The zero-order valence-electron chi connectivity index (χ0n) is 17.4. The minimum Gasteiger partial charge on any atom is -0.483 e. The van der Waals surface area contributed by atoms with Crippen LogP contribution in [0.15, 0.2) is 65.1 Å². The first kappa shape index (κ1) is 23.1. The predicted octanol–water partition coefficient (Wildman–Crippen LogP) is 5.19. The van der Waals surface area contributed by atoms with Crippen LogP contribution in [-0.2, 0) is 16.1 Å². The van der Waals surface area contributed by atoms with E-state index in [2.05, 4.69) is 21.2 Å². The fraction of sp³-hybridized carbons (Fsp3) is 0.250. The summed E-state index contributed by atoms with van der Waals surface area (Å²) >= 11 is 9.55. The molecule has 0 aliphatic carbocycles. The molecule has 0 bridgehead atoms. The van der Waals surface area contributed by atoms with Gasteiger partial charge in [0.25, 0.3) is 5.91 Å². The number of hydrogen-bond acceptors (Lipinski definition) is 3. The van der Waals surface area contributed by atoms with Gasteiger partial charge in [-0.3, -0.25) is 9.59 Å². The van der Waals surface area contributed by atoms with Crippen molar-refractivity contribution in [2.45, 2.75) is 26.4 Å². The second-order valence-electron chi connectivity index (χ2n) is 7.11. The largest absolute Gasteiger partial charge is 0.483 e. The van der Waals surface area contributed by atoms with Gasteiger partial charge in [-0.05, 0) is 64.3 Å². The number of fused-ring (bicyclic) bond motifs is 1. The second kappa shape index (κ2) is 10.6. The average Bonchev–Trinajstić information content (AvgIpc) is 2.78. The molecule has 5 nitrogen and oxygen atoms in total. The fourth-order valence-corrected chi connectivity index (χ4v) is 3.97. The van der Waals surface area contributed by atoms with Crippen LogP contribution in [-0.4, -0.2) is 35.9 Å². The van der Waals surface area contributed by atoms with Crippen LogP contribution in [0.2, 0.25) is 5.02 Å². The number of benzene rings is 3. The predicted molar refractivity (Wildman–Crippen MR) is 127 cm³/mol. The van der Waals surface area contributed by atoms with E-state index in [1.54, 1.807) is 19.1 Å². The van der Waals surface area contributed by atoms with E-state index in [1.165, 1.54) is 4.90 Å². The molecule has 0 saturated carbocycles. The summed E-state index contributed by atoms with van der Waals surface area (Å²) in [5, 5.41) is 5.46. The first-order valence-electron chi connectivity index (χ1n) is 10.0. The molecule has 3 aromatic carbocycles. The van der Waals surface area contributed by atoms with Crippen molar-refractivity contribution in [3.05, 3.63) is 75.7 Å². The van der Waals surface area contributed by atoms with Gasteiger partial charge in [0.05, 0.1) is 4.47 Å². The third-order valence-corrected chi connectivity index (χ3v) is 6.03. The molecule has 0 radical (unpaired) electrons. The summed E-state index contributed by atoms with van der Waals surface area (Å²) in [6, 6.07) is 18.3. The van der Waals surface area contributed by atoms with E-state index in [0.717, 1.165) is 20.8 Å². The van der Waals surface area contributed by atoms with Crippen LogP contribution in [0.4, 0.5) is 0 Å². The maximum atomic E-state index is 13.1. The average molecular weight is 504 g/mol. The highest BCUT2D eigenvalue weighted by Gasteiger charge is 2.26. The SMILES string of the molecule is CCNC(=O)C(C)N(Cc1ccc(Cl)cc1)C(=O)COc1ccc2ccccc2c1Br. The molecule has 7 heteroatoms. The molecule has 3 rings (SSSR count). The van der Waals surface area contributed by atoms with Gasteiger partial charge in [-0.15, -0.1) is 0 Å². The number of rotatable bonds is 8. The van der Waals surface area contributed by atoms with Crippen molar-refractivity contribution in [1.82, 2.24) is 10.2 Å². The van der Waals surface area contributed by atoms with Crippen LogP contribution < -0.4 is 10.1 Å². The summed E-state index contributed by atoms with van der Waals surface area (Å²) in [6.45, 7) is 4.14. The summed E-state index contributed by atoms with van der Waals surface area (Å²) < 4.78 is 6.63. The molecule has 0 fully saturated rings. The minimum absolute atomic E-state index is 0.186. The Morgan fingerprint density at radius 3 is 2.52 bits per heavy atom. The number of nitrogens with zero attached hydrogens (tertiary/aromatic N) is 1. The van der Waals surface area contributed by atoms with Crippen LogP contribution in [0.3, 0.4) is 0 Å². The Bertz CT molecular complexity index is 1070. The highest BCUT2D eigenvalue weighted by atomic mass is 79.9. The molecule has 162 valence electrons. The standard InChI is InChI=1S/C24H24BrClN2O3/c1-3-27-24(30)16(2)28(14-17-8-11-19(26)12-9-17)22(29)15-31-21-13-10-18-6-4-5-7-20(18)23(21)25/h4-13,16H,3,14-15H2,1-2H3,(H,27,30). The maximum Gasteiger partial charge on any atom is 0.261 e. The first-order valence-corrected chi connectivity index (χ1v) is 11.2. The highest BCUT2D eigenvalue weighted by Crippen LogP contribution is 2.33. The molecule has 0 aromatic heterocycles. The van der Waals surface area contributed by atoms with Gasteiger partial charge in [-0.1, -0.05) is 54.1 Å². The van der Waals surface area contributed by atoms with E-state index in [0.29, 0.717) is 17.3 Å². The van der Waals surface area contributed by atoms with Crippen molar-refractivity contribution in [2.75, 3.05) is 13.2 Å². The van der Waals surface area contributed by atoms with Gasteiger partial charge in [-0.2, -0.15) is 0 Å². The number of halogens is 2. The maximum absolute atomic E-state index is 13.1. The molecule has 0 aliphatic rings. The van der Waals surface area contributed by atoms with E-state index < -0.39 is 6.04 Å². The van der Waals surface area contributed by atoms with Crippen LogP contribution in [0.25, 0.3) is 10.8 Å². The lowest BCUT2D eigenvalue weighted by Gasteiger charge is -2.28. The molecule has 0 saturated heterocycles. The summed E-state index contributed by atoms with van der Waals surface area (Å²) in [5.74, 6) is 0.0783. The van der Waals surface area contributed by atoms with Crippen molar-refractivity contribution in [3.63, 3.8) is 0 Å². The van der Waals surface area contributed by atoms with E-state index in [-0.39, 0.29) is 25.0 Å². The summed E-state index contributed by atoms with van der Waals surface area (Å²) in [5.41, 5.74) is 0.876. The van der Waals surface area contributed by atoms with E-state index >= 15 is 0 Å². The quantitative estimate of drug-likeness (QED) is 0.460. The molecule has 1 N–H and O–H groups in total. The van der Waals surface area contributed by atoms with Crippen molar-refractivity contribution in [3.8, 4) is 5.75 Å². The molecular formula is C24H24BrClN2O3. The number of hydrogen-bond donors (Lipinski definition) is 1. The summed E-state index contributed by atoms with van der Waals surface area (Å²) in [7, 11) is 0. The zero-order chi connectivity index (χ0) is 22.4. The first-order chi connectivity index (χ1) is 14.9. The molecule has 1 unspecified atom stereocenters. The third-order valence-electron chi connectivity index (χ3n) is 4.96. The van der Waals surface area contributed by atoms with Crippen LogP contribution in [0, 0.1) is 0 Å². The Hall–Kier alpha value is -2.57. The number of nitrogens with one attached hydrogen (secondary N) is 1. The number of amides is 2. The van der Waals surface area contributed by atoms with E-state index in [9.17, 15) is 9.59 Å². The van der Waals surface area contributed by atoms with Gasteiger partial charge in [0.15, 0.2) is 6.61 Å². The van der Waals surface area contributed by atoms with Crippen molar-refractivity contribution in [2.24, 2.45) is 0 Å². The Kier molecular flexibility index (Phi) is 7.93. The topological polar surface area (TPSA) is 58.6 Å². The number of likely N-dealkylation sites (N-methyl/N-ethyl adjacent to an activating group) is 1. The lowest BCUT2D eigenvalue weighted by atomic mass is 10.1. The molecule has 31 heavy (non-hydrogen) atoms. The van der Waals surface area contributed by atoms with Gasteiger partial charge in [0.2, 0.25) is 5.91 Å². The molecule has 2 amide bonds. The van der Waals surface area contributed by atoms with Gasteiger partial charge < -0.3 is 15.0 Å². The lowest BCUT2D eigenvalue weighted by Crippen LogP contribution is -2.49. The Balaban J connectivity index is 1.78. The highest BCUT2D eigenvalue weighted by molar-refractivity contribution is 9.10. The van der Waals surface area contributed by atoms with Gasteiger partial charge in [0, 0.05) is 18.1 Å². The van der Waals surface area contributed by atoms with Gasteiger partial charge in [-0.25, -0.2) is 0 Å². The van der Waals surface area contributed by atoms with Crippen molar-refractivity contribution in [1.29, 1.82) is 0 Å². The van der Waals surface area contributed by atoms with Crippen LogP contribution in [0.5, 0.6) is 5.75 Å². The molecular weight excluding hydrogens is 480 g/mol. The summed E-state index contributed by atoms with van der Waals surface area (Å²) in [6.07, 6.45) is 0. The van der Waals surface area contributed by atoms with Gasteiger partial charge >= 0.3 is 0 Å². The monoisotopic (exact) mass is 502 g/mol. The number of carbonyl (C=O) groups excluding carboxylic acids is 2. The molecule has 0 spiro atoms. The molecule has 0 heterocycles. The van der Waals surface area contributed by atoms with E-state index in [4.69, 9.17) is 16.3 Å². The number of carbonyl (C=O) groups is 2. The second-order valence-corrected chi connectivity index (χ2v) is 8.34. The van der Waals surface area contributed by atoms with E-state index in [1.807, 2.05) is 55.5 Å². The Morgan fingerprint density at radius 1 is 1.10 bits per heavy atom. The van der Waals surface area contributed by atoms with Crippen LogP contribution in [0.1, 0.15) is 19.4 Å². The molecule has 0 aliphatic heterocycles. The normalized spacial score (nSPS) is 11.7. The third kappa shape index (κ3) is 5.77. The molecule has 3 aromatic rings. The Labute approximate surface area is 195 Å². The van der Waals surface area contributed by atoms with Crippen molar-refractivity contribution >= 4 is 50.1 Å². The van der Waals surface area contributed by atoms with Gasteiger partial charge in [0.1, 0.15) is 11.8 Å². The smallest absolute Gasteiger partial charge is 0.261 e. The van der Waals surface area contributed by atoms with Crippen LogP contribution >= 0.6 is 27.5 Å². The van der Waals surface area contributed by atoms with Crippen molar-refractivity contribution < 1.29 is 14.3 Å². The minimum atomic E-state index is -0.647. The fourth-order valence-electron chi connectivity index (χ4n) is 3.24. The number of ether oxygens (including phenoxy) is 1. The molecule has 1 atom stereocenters. The Morgan fingerprint density at radius 2 is 1.81 bits per heavy atom. The summed E-state index contributed by atoms with van der Waals surface area (Å²) in [4.78, 5) is 27.0.